The van der Waals surface area contributed by atoms with E-state index in [1.165, 1.54) is 5.56 Å². The monoisotopic (exact) mass is 368 g/mol. The molecule has 0 unspecified atom stereocenters. The van der Waals surface area contributed by atoms with Crippen molar-refractivity contribution < 1.29 is 14.6 Å². The second-order valence-electron chi connectivity index (χ2n) is 7.06. The molecule has 5 heteroatoms. The molecule has 2 aromatic rings. The van der Waals surface area contributed by atoms with Gasteiger partial charge in [-0.05, 0) is 55.6 Å². The van der Waals surface area contributed by atoms with Gasteiger partial charge in [-0.15, -0.1) is 0 Å². The van der Waals surface area contributed by atoms with Gasteiger partial charge in [0.25, 0.3) is 5.91 Å². The van der Waals surface area contributed by atoms with Gasteiger partial charge in [-0.2, -0.15) is 0 Å². The van der Waals surface area contributed by atoms with Crippen molar-refractivity contribution in [2.75, 3.05) is 39.8 Å². The molecule has 1 amide bonds. The maximum atomic E-state index is 13.1. The first-order valence-corrected chi connectivity index (χ1v) is 9.51. The zero-order chi connectivity index (χ0) is 19.2. The first-order valence-electron chi connectivity index (χ1n) is 9.51. The van der Waals surface area contributed by atoms with Crippen LogP contribution in [0.2, 0.25) is 0 Å². The third kappa shape index (κ3) is 4.80. The number of amides is 1. The number of benzene rings is 2. The lowest BCUT2D eigenvalue weighted by Gasteiger charge is -2.23. The van der Waals surface area contributed by atoms with Gasteiger partial charge in [-0.25, -0.2) is 0 Å². The van der Waals surface area contributed by atoms with Crippen molar-refractivity contribution in [2.24, 2.45) is 0 Å². The SMILES string of the molecule is COc1cccc(C)c1C(=O)N1CCCN(CCc2ccc(O)cc2)CC1. The molecule has 1 fully saturated rings. The molecule has 0 aromatic heterocycles. The van der Waals surface area contributed by atoms with Crippen LogP contribution in [0.1, 0.15) is 27.9 Å². The Labute approximate surface area is 161 Å². The molecule has 0 spiro atoms. The Kier molecular flexibility index (Phi) is 6.35. The quantitative estimate of drug-likeness (QED) is 0.881. The van der Waals surface area contributed by atoms with E-state index in [4.69, 9.17) is 4.74 Å². The molecule has 2 aromatic carbocycles. The van der Waals surface area contributed by atoms with Crippen molar-refractivity contribution in [3.63, 3.8) is 0 Å². The molecule has 144 valence electrons. The number of aryl methyl sites for hydroxylation is 1. The van der Waals surface area contributed by atoms with E-state index in [-0.39, 0.29) is 5.91 Å². The normalized spacial score (nSPS) is 15.4. The third-order valence-electron chi connectivity index (χ3n) is 5.20. The van der Waals surface area contributed by atoms with E-state index in [1.54, 1.807) is 19.2 Å². The molecule has 0 aliphatic carbocycles. The molecule has 1 aliphatic heterocycles. The van der Waals surface area contributed by atoms with Crippen LogP contribution in [0.4, 0.5) is 0 Å². The molecule has 0 bridgehead atoms. The summed E-state index contributed by atoms with van der Waals surface area (Å²) >= 11 is 0. The fourth-order valence-corrected chi connectivity index (χ4v) is 3.59. The lowest BCUT2D eigenvalue weighted by molar-refractivity contribution is 0.0757. The molecular formula is C22H28N2O3. The smallest absolute Gasteiger partial charge is 0.257 e. The van der Waals surface area contributed by atoms with Gasteiger partial charge in [0.15, 0.2) is 0 Å². The van der Waals surface area contributed by atoms with Gasteiger partial charge in [-0.1, -0.05) is 24.3 Å². The van der Waals surface area contributed by atoms with Crippen LogP contribution in [0, 0.1) is 6.92 Å². The average Bonchev–Trinajstić information content (AvgIpc) is 2.92. The van der Waals surface area contributed by atoms with Crippen molar-refractivity contribution in [1.29, 1.82) is 0 Å². The Bertz CT molecular complexity index is 774. The van der Waals surface area contributed by atoms with Crippen LogP contribution in [0.15, 0.2) is 42.5 Å². The van der Waals surface area contributed by atoms with Crippen LogP contribution in [-0.2, 0) is 6.42 Å². The van der Waals surface area contributed by atoms with Crippen LogP contribution in [0.3, 0.4) is 0 Å². The highest BCUT2D eigenvalue weighted by Crippen LogP contribution is 2.24. The Morgan fingerprint density at radius 1 is 1.07 bits per heavy atom. The molecule has 0 atom stereocenters. The van der Waals surface area contributed by atoms with E-state index in [9.17, 15) is 9.90 Å². The Hall–Kier alpha value is -2.53. The van der Waals surface area contributed by atoms with Gasteiger partial charge in [0.1, 0.15) is 11.5 Å². The number of rotatable bonds is 5. The number of hydrogen-bond acceptors (Lipinski definition) is 4. The highest BCUT2D eigenvalue weighted by Gasteiger charge is 2.24. The summed E-state index contributed by atoms with van der Waals surface area (Å²) < 4.78 is 5.41. The minimum atomic E-state index is 0.0605. The number of phenols is 1. The molecule has 0 saturated carbocycles. The molecule has 3 rings (SSSR count). The van der Waals surface area contributed by atoms with Gasteiger partial charge in [0, 0.05) is 26.2 Å². The summed E-state index contributed by atoms with van der Waals surface area (Å²) in [6, 6.07) is 13.1. The van der Waals surface area contributed by atoms with Gasteiger partial charge >= 0.3 is 0 Å². The third-order valence-corrected chi connectivity index (χ3v) is 5.20. The Balaban J connectivity index is 1.59. The van der Waals surface area contributed by atoms with E-state index < -0.39 is 0 Å². The second kappa shape index (κ2) is 8.91. The summed E-state index contributed by atoms with van der Waals surface area (Å²) in [5.74, 6) is 1.01. The topological polar surface area (TPSA) is 53.0 Å². The lowest BCUT2D eigenvalue weighted by atomic mass is 10.1. The largest absolute Gasteiger partial charge is 0.508 e. The summed E-state index contributed by atoms with van der Waals surface area (Å²) in [5.41, 5.74) is 2.85. The van der Waals surface area contributed by atoms with Crippen molar-refractivity contribution in [3.05, 3.63) is 59.2 Å². The minimum Gasteiger partial charge on any atom is -0.508 e. The lowest BCUT2D eigenvalue weighted by Crippen LogP contribution is -2.36. The molecule has 1 aliphatic rings. The van der Waals surface area contributed by atoms with Crippen LogP contribution < -0.4 is 4.74 Å². The Morgan fingerprint density at radius 3 is 2.59 bits per heavy atom. The molecular weight excluding hydrogens is 340 g/mol. The second-order valence-corrected chi connectivity index (χ2v) is 7.06. The Morgan fingerprint density at radius 2 is 1.85 bits per heavy atom. The van der Waals surface area contributed by atoms with Crippen LogP contribution in [-0.4, -0.2) is 60.6 Å². The summed E-state index contributed by atoms with van der Waals surface area (Å²) in [5, 5.41) is 9.39. The average molecular weight is 368 g/mol. The maximum Gasteiger partial charge on any atom is 0.257 e. The maximum absolute atomic E-state index is 13.1. The van der Waals surface area contributed by atoms with Gasteiger partial charge < -0.3 is 19.6 Å². The van der Waals surface area contributed by atoms with E-state index >= 15 is 0 Å². The van der Waals surface area contributed by atoms with E-state index in [0.29, 0.717) is 17.1 Å². The van der Waals surface area contributed by atoms with Crippen molar-refractivity contribution in [3.8, 4) is 11.5 Å². The van der Waals surface area contributed by atoms with Crippen molar-refractivity contribution in [2.45, 2.75) is 19.8 Å². The van der Waals surface area contributed by atoms with E-state index in [2.05, 4.69) is 4.90 Å². The molecule has 5 nitrogen and oxygen atoms in total. The molecule has 27 heavy (non-hydrogen) atoms. The van der Waals surface area contributed by atoms with E-state index in [0.717, 1.165) is 51.1 Å². The summed E-state index contributed by atoms with van der Waals surface area (Å²) in [6.07, 6.45) is 1.91. The highest BCUT2D eigenvalue weighted by molar-refractivity contribution is 5.98. The number of hydrogen-bond donors (Lipinski definition) is 1. The minimum absolute atomic E-state index is 0.0605. The van der Waals surface area contributed by atoms with Crippen molar-refractivity contribution in [1.82, 2.24) is 9.80 Å². The number of carbonyl (C=O) groups excluding carboxylic acids is 1. The standard InChI is InChI=1S/C22H28N2O3/c1-17-5-3-6-20(27-2)21(17)22(26)24-13-4-12-23(15-16-24)14-11-18-7-9-19(25)10-8-18/h3,5-10,25H,4,11-16H2,1-2H3. The zero-order valence-corrected chi connectivity index (χ0v) is 16.1. The fraction of sp³-hybridized carbons (Fsp3) is 0.409. The van der Waals surface area contributed by atoms with Crippen LogP contribution in [0.25, 0.3) is 0 Å². The number of carbonyl (C=O) groups is 1. The predicted molar refractivity (Wildman–Crippen MR) is 107 cm³/mol. The summed E-state index contributed by atoms with van der Waals surface area (Å²) in [4.78, 5) is 17.4. The van der Waals surface area contributed by atoms with Crippen molar-refractivity contribution >= 4 is 5.91 Å². The molecule has 0 radical (unpaired) electrons. The molecule has 1 N–H and O–H groups in total. The summed E-state index contributed by atoms with van der Waals surface area (Å²) in [7, 11) is 1.61. The highest BCUT2D eigenvalue weighted by atomic mass is 16.5. The molecule has 1 heterocycles. The first-order chi connectivity index (χ1) is 13.1. The fourth-order valence-electron chi connectivity index (χ4n) is 3.59. The number of phenolic OH excluding ortho intramolecular Hbond substituents is 1. The van der Waals surface area contributed by atoms with Gasteiger partial charge in [0.05, 0.1) is 12.7 Å². The van der Waals surface area contributed by atoms with Gasteiger partial charge in [0.2, 0.25) is 0 Å². The van der Waals surface area contributed by atoms with Crippen LogP contribution >= 0.6 is 0 Å². The van der Waals surface area contributed by atoms with Crippen LogP contribution in [0.5, 0.6) is 11.5 Å². The zero-order valence-electron chi connectivity index (χ0n) is 16.1. The predicted octanol–water partition coefficient (Wildman–Crippen LogP) is 3.10. The van der Waals surface area contributed by atoms with Gasteiger partial charge in [-0.3, -0.25) is 4.79 Å². The van der Waals surface area contributed by atoms with E-state index in [1.807, 2.05) is 42.2 Å². The first kappa shape index (κ1) is 19.2. The number of ether oxygens (including phenoxy) is 1. The molecule has 1 saturated heterocycles. The number of methoxy groups -OCH3 is 1. The summed E-state index contributed by atoms with van der Waals surface area (Å²) in [6.45, 7) is 6.28. The number of aromatic hydroxyl groups is 1. The number of nitrogens with zero attached hydrogens (tertiary/aromatic N) is 2.